The smallest absolute Gasteiger partial charge is 0.289 e. The Morgan fingerprint density at radius 2 is 1.71 bits per heavy atom. The Balaban J connectivity index is 2.09. The Kier molecular flexibility index (Phi) is 3.83. The molecule has 7 heteroatoms. The highest BCUT2D eigenvalue weighted by atomic mass is 32.2. The topological polar surface area (TPSA) is 51.2 Å². The maximum Gasteiger partial charge on any atom is 0.416 e. The molecular weight excluding hydrogens is 341 g/mol. The monoisotopic (exact) mass is 352 g/mol. The first-order chi connectivity index (χ1) is 11.2. The average Bonchev–Trinajstić information content (AvgIpc) is 2.52. The molecule has 0 saturated heterocycles. The van der Waals surface area contributed by atoms with Gasteiger partial charge in [-0.25, -0.2) is 8.42 Å². The Bertz CT molecular complexity index is 957. The van der Waals surface area contributed by atoms with Crippen LogP contribution in [0.4, 0.5) is 13.2 Å². The quantitative estimate of drug-likeness (QED) is 0.735. The minimum Gasteiger partial charge on any atom is -0.289 e. The minimum atomic E-state index is -4.51. The van der Waals surface area contributed by atoms with E-state index in [1.807, 2.05) is 0 Å². The number of hydrogen-bond acceptors (Lipinski definition) is 3. The number of halogens is 3. The third-order valence-electron chi connectivity index (χ3n) is 3.66. The minimum absolute atomic E-state index is 0.0435. The van der Waals surface area contributed by atoms with Gasteiger partial charge in [0.2, 0.25) is 0 Å². The van der Waals surface area contributed by atoms with Gasteiger partial charge >= 0.3 is 6.18 Å². The van der Waals surface area contributed by atoms with Crippen LogP contribution in [0.15, 0.2) is 59.0 Å². The molecule has 1 heterocycles. The van der Waals surface area contributed by atoms with E-state index >= 15 is 0 Å². The van der Waals surface area contributed by atoms with E-state index in [1.54, 1.807) is 6.07 Å². The summed E-state index contributed by atoms with van der Waals surface area (Å²) in [5.74, 6) is -1.02. The Morgan fingerprint density at radius 1 is 1.00 bits per heavy atom. The fourth-order valence-electron chi connectivity index (χ4n) is 2.56. The summed E-state index contributed by atoms with van der Waals surface area (Å²) in [6, 6.07) is 10.2. The van der Waals surface area contributed by atoms with Crippen molar-refractivity contribution in [2.45, 2.75) is 11.1 Å². The van der Waals surface area contributed by atoms with Gasteiger partial charge in [-0.3, -0.25) is 4.79 Å². The van der Waals surface area contributed by atoms with Crippen molar-refractivity contribution in [2.24, 2.45) is 0 Å². The first-order valence-corrected chi connectivity index (χ1v) is 8.58. The maximum absolute atomic E-state index is 12.8. The molecule has 1 aliphatic heterocycles. The third kappa shape index (κ3) is 2.99. The molecule has 0 fully saturated rings. The summed E-state index contributed by atoms with van der Waals surface area (Å²) in [5, 5.41) is 0. The van der Waals surface area contributed by atoms with Crippen LogP contribution in [-0.2, 0) is 16.0 Å². The molecular formula is C17H11F3O3S. The molecule has 0 aromatic heterocycles. The molecule has 24 heavy (non-hydrogen) atoms. The number of benzene rings is 2. The maximum atomic E-state index is 12.8. The number of rotatable bonds is 1. The highest BCUT2D eigenvalue weighted by molar-refractivity contribution is 7.91. The van der Waals surface area contributed by atoms with E-state index in [0.717, 1.165) is 12.1 Å². The standard InChI is InChI=1S/C17H11F3O3S/c18-17(19,20)13-5-3-4-11(9-13)8-12-10-24(22,23)15-7-2-1-6-14(15)16(12)21/h1-9H,10H2. The van der Waals surface area contributed by atoms with Gasteiger partial charge in [0, 0.05) is 11.1 Å². The lowest BCUT2D eigenvalue weighted by molar-refractivity contribution is -0.137. The van der Waals surface area contributed by atoms with Crippen LogP contribution in [0.25, 0.3) is 6.08 Å². The molecule has 0 unspecified atom stereocenters. The van der Waals surface area contributed by atoms with E-state index < -0.39 is 33.1 Å². The van der Waals surface area contributed by atoms with Gasteiger partial charge in [0.05, 0.1) is 16.2 Å². The van der Waals surface area contributed by atoms with Gasteiger partial charge in [-0.2, -0.15) is 13.2 Å². The van der Waals surface area contributed by atoms with Crippen molar-refractivity contribution in [3.63, 3.8) is 0 Å². The predicted molar refractivity (Wildman–Crippen MR) is 82.2 cm³/mol. The van der Waals surface area contributed by atoms with Crippen LogP contribution < -0.4 is 0 Å². The van der Waals surface area contributed by atoms with E-state index in [2.05, 4.69) is 0 Å². The summed E-state index contributed by atoms with van der Waals surface area (Å²) in [5.41, 5.74) is -0.735. The first-order valence-electron chi connectivity index (χ1n) is 6.93. The largest absolute Gasteiger partial charge is 0.416 e. The molecule has 0 amide bonds. The van der Waals surface area contributed by atoms with E-state index in [4.69, 9.17) is 0 Å². The zero-order valence-electron chi connectivity index (χ0n) is 12.2. The lowest BCUT2D eigenvalue weighted by Crippen LogP contribution is -2.24. The number of alkyl halides is 3. The summed E-state index contributed by atoms with van der Waals surface area (Å²) in [6.07, 6.45) is -3.31. The van der Waals surface area contributed by atoms with E-state index in [1.165, 1.54) is 36.4 Å². The van der Waals surface area contributed by atoms with Gasteiger partial charge in [0.25, 0.3) is 0 Å². The number of ketones is 1. The molecule has 0 spiro atoms. The molecule has 2 aromatic rings. The van der Waals surface area contributed by atoms with Crippen molar-refractivity contribution in [3.05, 3.63) is 70.8 Å². The molecule has 0 saturated carbocycles. The predicted octanol–water partition coefficient (Wildman–Crippen LogP) is 3.76. The summed E-state index contributed by atoms with van der Waals surface area (Å²) in [7, 11) is -3.69. The fraction of sp³-hybridized carbons (Fsp3) is 0.118. The van der Waals surface area contributed by atoms with Crippen molar-refractivity contribution < 1.29 is 26.4 Å². The van der Waals surface area contributed by atoms with E-state index in [0.29, 0.717) is 0 Å². The Hall–Kier alpha value is -2.41. The third-order valence-corrected chi connectivity index (χ3v) is 5.38. The molecule has 2 aromatic carbocycles. The molecule has 0 atom stereocenters. The molecule has 124 valence electrons. The van der Waals surface area contributed by atoms with Gasteiger partial charge in [-0.05, 0) is 35.9 Å². The second-order valence-electron chi connectivity index (χ2n) is 5.38. The van der Waals surface area contributed by atoms with Gasteiger partial charge in [-0.15, -0.1) is 0 Å². The number of Topliss-reactive ketones (excluding diaryl/α,β-unsaturated/α-hetero) is 1. The SMILES string of the molecule is O=C1C(=Cc2cccc(C(F)(F)F)c2)CS(=O)(=O)c2ccccc21. The average molecular weight is 352 g/mol. The molecule has 0 N–H and O–H groups in total. The van der Waals surface area contributed by atoms with E-state index in [-0.39, 0.29) is 21.6 Å². The number of sulfone groups is 1. The van der Waals surface area contributed by atoms with Crippen molar-refractivity contribution in [2.75, 3.05) is 5.75 Å². The van der Waals surface area contributed by atoms with Gasteiger partial charge in [-0.1, -0.05) is 24.3 Å². The van der Waals surface area contributed by atoms with Crippen LogP contribution >= 0.6 is 0 Å². The normalized spacial score (nSPS) is 18.5. The Morgan fingerprint density at radius 3 is 2.42 bits per heavy atom. The van der Waals surface area contributed by atoms with Crippen LogP contribution in [0.1, 0.15) is 21.5 Å². The first kappa shape index (κ1) is 16.4. The molecule has 1 aliphatic rings. The van der Waals surface area contributed by atoms with Crippen LogP contribution in [0, 0.1) is 0 Å². The summed E-state index contributed by atoms with van der Waals surface area (Å²) in [4.78, 5) is 12.4. The van der Waals surface area contributed by atoms with Gasteiger partial charge < -0.3 is 0 Å². The second-order valence-corrected chi connectivity index (χ2v) is 7.34. The number of fused-ring (bicyclic) bond motifs is 1. The molecule has 0 radical (unpaired) electrons. The fourth-order valence-corrected chi connectivity index (χ4v) is 4.12. The van der Waals surface area contributed by atoms with Gasteiger partial charge in [0.15, 0.2) is 15.6 Å². The molecule has 3 rings (SSSR count). The number of carbonyl (C=O) groups excluding carboxylic acids is 1. The zero-order valence-corrected chi connectivity index (χ0v) is 13.0. The van der Waals surface area contributed by atoms with Crippen molar-refractivity contribution in [1.82, 2.24) is 0 Å². The van der Waals surface area contributed by atoms with Crippen LogP contribution in [0.2, 0.25) is 0 Å². The van der Waals surface area contributed by atoms with Gasteiger partial charge in [0.1, 0.15) is 0 Å². The van der Waals surface area contributed by atoms with Crippen LogP contribution in [0.3, 0.4) is 0 Å². The summed E-state index contributed by atoms with van der Waals surface area (Å²) >= 11 is 0. The number of hydrogen-bond donors (Lipinski definition) is 0. The highest BCUT2D eigenvalue weighted by Crippen LogP contribution is 2.32. The Labute approximate surface area is 136 Å². The van der Waals surface area contributed by atoms with Crippen molar-refractivity contribution in [1.29, 1.82) is 0 Å². The molecule has 0 aliphatic carbocycles. The number of carbonyl (C=O) groups is 1. The van der Waals surface area contributed by atoms with Crippen LogP contribution in [0.5, 0.6) is 0 Å². The lowest BCUT2D eigenvalue weighted by Gasteiger charge is -2.17. The molecule has 0 bridgehead atoms. The second kappa shape index (κ2) is 5.59. The highest BCUT2D eigenvalue weighted by Gasteiger charge is 2.33. The summed E-state index contributed by atoms with van der Waals surface area (Å²) < 4.78 is 62.8. The zero-order chi connectivity index (χ0) is 17.5. The summed E-state index contributed by atoms with van der Waals surface area (Å²) in [6.45, 7) is 0. The lowest BCUT2D eigenvalue weighted by atomic mass is 10.0. The van der Waals surface area contributed by atoms with Crippen LogP contribution in [-0.4, -0.2) is 20.0 Å². The van der Waals surface area contributed by atoms with Crippen molar-refractivity contribution in [3.8, 4) is 0 Å². The van der Waals surface area contributed by atoms with Crippen molar-refractivity contribution >= 4 is 21.7 Å². The van der Waals surface area contributed by atoms with E-state index in [9.17, 15) is 26.4 Å². The molecule has 3 nitrogen and oxygen atoms in total.